The molecule has 0 unspecified atom stereocenters. The summed E-state index contributed by atoms with van der Waals surface area (Å²) in [6.07, 6.45) is 0. The SMILES string of the molecule is Cc1ccccc1N(C)S(=O)(=O)c1cc(CN)oc1C. The van der Waals surface area contributed by atoms with Crippen LogP contribution in [0.2, 0.25) is 0 Å². The zero-order chi connectivity index (χ0) is 14.9. The lowest BCUT2D eigenvalue weighted by atomic mass is 10.2. The van der Waals surface area contributed by atoms with E-state index in [-0.39, 0.29) is 11.4 Å². The molecule has 1 aromatic heterocycles. The fraction of sp³-hybridized carbons (Fsp3) is 0.286. The van der Waals surface area contributed by atoms with Crippen LogP contribution in [0.4, 0.5) is 5.69 Å². The average molecular weight is 294 g/mol. The summed E-state index contributed by atoms with van der Waals surface area (Å²) in [4.78, 5) is 0.156. The van der Waals surface area contributed by atoms with Gasteiger partial charge in [-0.3, -0.25) is 4.31 Å². The molecule has 0 fully saturated rings. The molecule has 0 spiro atoms. The smallest absolute Gasteiger partial charge is 0.267 e. The lowest BCUT2D eigenvalue weighted by Gasteiger charge is -2.20. The van der Waals surface area contributed by atoms with Crippen molar-refractivity contribution in [2.75, 3.05) is 11.4 Å². The minimum absolute atomic E-state index is 0.156. The third-order valence-electron chi connectivity index (χ3n) is 3.22. The average Bonchev–Trinajstić information content (AvgIpc) is 2.80. The van der Waals surface area contributed by atoms with Gasteiger partial charge in [0.25, 0.3) is 10.0 Å². The van der Waals surface area contributed by atoms with E-state index in [4.69, 9.17) is 10.2 Å². The monoisotopic (exact) mass is 294 g/mol. The molecule has 2 rings (SSSR count). The third-order valence-corrected chi connectivity index (χ3v) is 5.10. The highest BCUT2D eigenvalue weighted by molar-refractivity contribution is 7.92. The first-order valence-electron chi connectivity index (χ1n) is 6.22. The van der Waals surface area contributed by atoms with Gasteiger partial charge >= 0.3 is 0 Å². The minimum Gasteiger partial charge on any atom is -0.464 e. The van der Waals surface area contributed by atoms with E-state index in [0.717, 1.165) is 5.56 Å². The molecule has 0 amide bonds. The van der Waals surface area contributed by atoms with Crippen molar-refractivity contribution in [1.29, 1.82) is 0 Å². The van der Waals surface area contributed by atoms with Crippen LogP contribution in [-0.4, -0.2) is 15.5 Å². The molecule has 0 bridgehead atoms. The van der Waals surface area contributed by atoms with Crippen molar-refractivity contribution >= 4 is 15.7 Å². The van der Waals surface area contributed by atoms with E-state index in [1.54, 1.807) is 13.0 Å². The summed E-state index contributed by atoms with van der Waals surface area (Å²) < 4.78 is 31.9. The molecule has 5 nitrogen and oxygen atoms in total. The van der Waals surface area contributed by atoms with Crippen molar-refractivity contribution < 1.29 is 12.8 Å². The zero-order valence-electron chi connectivity index (χ0n) is 11.8. The molecule has 0 atom stereocenters. The van der Waals surface area contributed by atoms with Gasteiger partial charge in [-0.2, -0.15) is 0 Å². The van der Waals surface area contributed by atoms with Crippen molar-refractivity contribution in [1.82, 2.24) is 0 Å². The maximum Gasteiger partial charge on any atom is 0.267 e. The minimum atomic E-state index is -3.65. The quantitative estimate of drug-likeness (QED) is 0.937. The summed E-state index contributed by atoms with van der Waals surface area (Å²) in [5, 5.41) is 0. The van der Waals surface area contributed by atoms with E-state index >= 15 is 0 Å². The molecule has 0 aliphatic heterocycles. The highest BCUT2D eigenvalue weighted by atomic mass is 32.2. The molecule has 0 saturated carbocycles. The van der Waals surface area contributed by atoms with Gasteiger partial charge in [0.05, 0.1) is 12.2 Å². The lowest BCUT2D eigenvalue weighted by Crippen LogP contribution is -2.27. The summed E-state index contributed by atoms with van der Waals surface area (Å²) >= 11 is 0. The third kappa shape index (κ3) is 2.44. The highest BCUT2D eigenvalue weighted by Crippen LogP contribution is 2.28. The zero-order valence-corrected chi connectivity index (χ0v) is 12.6. The van der Waals surface area contributed by atoms with Crippen molar-refractivity contribution in [2.45, 2.75) is 25.3 Å². The standard InChI is InChI=1S/C14H18N2O3S/c1-10-6-4-5-7-13(10)16(3)20(17,18)14-8-12(9-15)19-11(14)2/h4-8H,9,15H2,1-3H3. The largest absolute Gasteiger partial charge is 0.464 e. The molecule has 20 heavy (non-hydrogen) atoms. The first kappa shape index (κ1) is 14.6. The Balaban J connectivity index is 2.49. The van der Waals surface area contributed by atoms with Crippen LogP contribution >= 0.6 is 0 Å². The Morgan fingerprint density at radius 2 is 1.90 bits per heavy atom. The molecular formula is C14H18N2O3S. The maximum absolute atomic E-state index is 12.7. The Hall–Kier alpha value is -1.79. The van der Waals surface area contributed by atoms with Crippen LogP contribution in [-0.2, 0) is 16.6 Å². The predicted octanol–water partition coefficient (Wildman–Crippen LogP) is 2.18. The van der Waals surface area contributed by atoms with Gasteiger partial charge in [-0.15, -0.1) is 0 Å². The number of nitrogens with zero attached hydrogens (tertiary/aromatic N) is 1. The molecule has 1 aromatic carbocycles. The van der Waals surface area contributed by atoms with E-state index < -0.39 is 10.0 Å². The summed E-state index contributed by atoms with van der Waals surface area (Å²) in [6.45, 7) is 3.66. The van der Waals surface area contributed by atoms with Gasteiger partial charge in [0.15, 0.2) is 0 Å². The van der Waals surface area contributed by atoms with Crippen molar-refractivity contribution in [3.63, 3.8) is 0 Å². The molecule has 108 valence electrons. The van der Waals surface area contributed by atoms with Crippen LogP contribution in [0.3, 0.4) is 0 Å². The van der Waals surface area contributed by atoms with Gasteiger partial charge in [0.2, 0.25) is 0 Å². The van der Waals surface area contributed by atoms with Crippen molar-refractivity contribution in [3.05, 3.63) is 47.4 Å². The van der Waals surface area contributed by atoms with E-state index in [2.05, 4.69) is 0 Å². The number of anilines is 1. The number of hydrogen-bond donors (Lipinski definition) is 1. The van der Waals surface area contributed by atoms with E-state index in [0.29, 0.717) is 17.2 Å². The topological polar surface area (TPSA) is 76.5 Å². The maximum atomic E-state index is 12.7. The molecule has 0 saturated heterocycles. The van der Waals surface area contributed by atoms with Crippen molar-refractivity contribution in [3.8, 4) is 0 Å². The molecule has 0 aliphatic carbocycles. The molecule has 6 heteroatoms. The van der Waals surface area contributed by atoms with Crippen LogP contribution in [0.25, 0.3) is 0 Å². The van der Waals surface area contributed by atoms with Crippen LogP contribution in [0, 0.1) is 13.8 Å². The number of benzene rings is 1. The Morgan fingerprint density at radius 3 is 2.45 bits per heavy atom. The van der Waals surface area contributed by atoms with Crippen LogP contribution in [0.15, 0.2) is 39.6 Å². The molecule has 2 aromatic rings. The van der Waals surface area contributed by atoms with Gasteiger partial charge < -0.3 is 10.2 Å². The number of hydrogen-bond acceptors (Lipinski definition) is 4. The normalized spacial score (nSPS) is 11.6. The summed E-state index contributed by atoms with van der Waals surface area (Å²) in [6, 6.07) is 8.80. The fourth-order valence-corrected chi connectivity index (χ4v) is 3.52. The Labute approximate surface area is 119 Å². The first-order chi connectivity index (χ1) is 9.37. The number of aryl methyl sites for hydroxylation is 2. The second-order valence-electron chi connectivity index (χ2n) is 4.60. The van der Waals surface area contributed by atoms with Gasteiger partial charge in [-0.1, -0.05) is 18.2 Å². The number of nitrogens with two attached hydrogens (primary N) is 1. The van der Waals surface area contributed by atoms with E-state index in [9.17, 15) is 8.42 Å². The van der Waals surface area contributed by atoms with Gasteiger partial charge in [0, 0.05) is 13.1 Å². The lowest BCUT2D eigenvalue weighted by molar-refractivity contribution is 0.479. The molecular weight excluding hydrogens is 276 g/mol. The summed E-state index contributed by atoms with van der Waals surface area (Å²) in [7, 11) is -2.12. The van der Waals surface area contributed by atoms with Crippen molar-refractivity contribution in [2.24, 2.45) is 5.73 Å². The van der Waals surface area contributed by atoms with Crippen LogP contribution in [0.1, 0.15) is 17.1 Å². The second-order valence-corrected chi connectivity index (χ2v) is 6.53. The molecule has 0 aliphatic rings. The fourth-order valence-electron chi connectivity index (χ4n) is 2.07. The Kier molecular flexibility index (Phi) is 3.87. The van der Waals surface area contributed by atoms with Gasteiger partial charge in [0.1, 0.15) is 16.4 Å². The number of sulfonamides is 1. The Bertz CT molecular complexity index is 720. The summed E-state index contributed by atoms with van der Waals surface area (Å²) in [5.41, 5.74) is 7.01. The number of para-hydroxylation sites is 1. The number of furan rings is 1. The molecule has 0 radical (unpaired) electrons. The van der Waals surface area contributed by atoms with Gasteiger partial charge in [-0.25, -0.2) is 8.42 Å². The molecule has 2 N–H and O–H groups in total. The Morgan fingerprint density at radius 1 is 1.25 bits per heavy atom. The molecule has 1 heterocycles. The van der Waals surface area contributed by atoms with Crippen LogP contribution < -0.4 is 10.0 Å². The second kappa shape index (κ2) is 5.30. The van der Waals surface area contributed by atoms with E-state index in [1.165, 1.54) is 17.4 Å². The highest BCUT2D eigenvalue weighted by Gasteiger charge is 2.27. The predicted molar refractivity (Wildman–Crippen MR) is 78.1 cm³/mol. The number of rotatable bonds is 4. The van der Waals surface area contributed by atoms with Gasteiger partial charge in [-0.05, 0) is 25.5 Å². The first-order valence-corrected chi connectivity index (χ1v) is 7.66. The van der Waals surface area contributed by atoms with Crippen LogP contribution in [0.5, 0.6) is 0 Å². The van der Waals surface area contributed by atoms with E-state index in [1.807, 2.05) is 25.1 Å². The summed E-state index contributed by atoms with van der Waals surface area (Å²) in [5.74, 6) is 0.810.